The summed E-state index contributed by atoms with van der Waals surface area (Å²) in [7, 11) is -3.16. The predicted molar refractivity (Wildman–Crippen MR) is 82.7 cm³/mol. The highest BCUT2D eigenvalue weighted by molar-refractivity contribution is 7.91. The fourth-order valence-corrected chi connectivity index (χ4v) is 4.57. The third-order valence-electron chi connectivity index (χ3n) is 4.68. The standard InChI is InChI=1S/C14H27N3O3S/c15-14(18)5-10-21(19,20)11-9-17-7-3-12(4-8-17)13-2-1-6-16-13/h12-13,16H,1-11H2,(H2,15,18). The third-order valence-corrected chi connectivity index (χ3v) is 6.31. The average Bonchev–Trinajstić information content (AvgIpc) is 2.98. The molecule has 0 aromatic heterocycles. The first kappa shape index (κ1) is 16.7. The molecule has 1 amide bonds. The van der Waals surface area contributed by atoms with E-state index >= 15 is 0 Å². The molecule has 2 aliphatic rings. The van der Waals surface area contributed by atoms with Gasteiger partial charge in [-0.25, -0.2) is 8.42 Å². The number of carbonyl (C=O) groups is 1. The van der Waals surface area contributed by atoms with E-state index in [0.29, 0.717) is 12.6 Å². The zero-order valence-corrected chi connectivity index (χ0v) is 13.4. The smallest absolute Gasteiger partial charge is 0.218 e. The number of likely N-dealkylation sites (tertiary alicyclic amines) is 1. The minimum atomic E-state index is -3.16. The van der Waals surface area contributed by atoms with Gasteiger partial charge in [-0.1, -0.05) is 0 Å². The normalized spacial score (nSPS) is 25.2. The summed E-state index contributed by atoms with van der Waals surface area (Å²) in [5.41, 5.74) is 4.99. The van der Waals surface area contributed by atoms with Gasteiger partial charge >= 0.3 is 0 Å². The van der Waals surface area contributed by atoms with Crippen molar-refractivity contribution in [3.05, 3.63) is 0 Å². The van der Waals surface area contributed by atoms with E-state index in [1.165, 1.54) is 12.8 Å². The second-order valence-corrected chi connectivity index (χ2v) is 8.55. The first-order valence-electron chi connectivity index (χ1n) is 7.91. The number of carbonyl (C=O) groups excluding carboxylic acids is 1. The molecule has 0 aromatic rings. The topological polar surface area (TPSA) is 92.5 Å². The summed E-state index contributed by atoms with van der Waals surface area (Å²) < 4.78 is 23.6. The van der Waals surface area contributed by atoms with Gasteiger partial charge in [-0.05, 0) is 51.2 Å². The predicted octanol–water partition coefficient (Wildman–Crippen LogP) is -0.259. The monoisotopic (exact) mass is 317 g/mol. The van der Waals surface area contributed by atoms with Crippen LogP contribution in [0.4, 0.5) is 0 Å². The Balaban J connectivity index is 1.67. The molecule has 2 aliphatic heterocycles. The van der Waals surface area contributed by atoms with Crippen molar-refractivity contribution < 1.29 is 13.2 Å². The minimum Gasteiger partial charge on any atom is -0.370 e. The Morgan fingerprint density at radius 2 is 1.90 bits per heavy atom. The largest absolute Gasteiger partial charge is 0.370 e. The van der Waals surface area contributed by atoms with Crippen LogP contribution in [-0.4, -0.2) is 63.0 Å². The fourth-order valence-electron chi connectivity index (χ4n) is 3.32. The van der Waals surface area contributed by atoms with Crippen molar-refractivity contribution in [2.75, 3.05) is 37.7 Å². The maximum atomic E-state index is 11.8. The summed E-state index contributed by atoms with van der Waals surface area (Å²) in [6, 6.07) is 0.673. The maximum absolute atomic E-state index is 11.8. The van der Waals surface area contributed by atoms with E-state index in [1.807, 2.05) is 0 Å². The number of sulfone groups is 1. The van der Waals surface area contributed by atoms with Gasteiger partial charge in [0.1, 0.15) is 0 Å². The van der Waals surface area contributed by atoms with Gasteiger partial charge in [0, 0.05) is 19.0 Å². The van der Waals surface area contributed by atoms with Crippen LogP contribution in [0, 0.1) is 5.92 Å². The van der Waals surface area contributed by atoms with Gasteiger partial charge in [-0.2, -0.15) is 0 Å². The lowest BCUT2D eigenvalue weighted by atomic mass is 9.88. The molecule has 1 unspecified atom stereocenters. The lowest BCUT2D eigenvalue weighted by molar-refractivity contribution is -0.117. The van der Waals surface area contributed by atoms with Crippen molar-refractivity contribution in [3.63, 3.8) is 0 Å². The van der Waals surface area contributed by atoms with Gasteiger partial charge in [0.2, 0.25) is 5.91 Å². The number of piperidine rings is 1. The number of rotatable bonds is 7. The third kappa shape index (κ3) is 5.56. The lowest BCUT2D eigenvalue weighted by Gasteiger charge is -2.34. The van der Waals surface area contributed by atoms with Crippen molar-refractivity contribution in [2.45, 2.75) is 38.1 Å². The van der Waals surface area contributed by atoms with Gasteiger partial charge < -0.3 is 16.0 Å². The first-order valence-corrected chi connectivity index (χ1v) is 9.73. The van der Waals surface area contributed by atoms with Gasteiger partial charge in [0.15, 0.2) is 9.84 Å². The van der Waals surface area contributed by atoms with Gasteiger partial charge in [0.05, 0.1) is 11.5 Å². The first-order chi connectivity index (χ1) is 9.96. The van der Waals surface area contributed by atoms with Crippen molar-refractivity contribution in [1.82, 2.24) is 10.2 Å². The van der Waals surface area contributed by atoms with Crippen LogP contribution in [0.15, 0.2) is 0 Å². The van der Waals surface area contributed by atoms with Crippen LogP contribution in [-0.2, 0) is 14.6 Å². The molecule has 2 saturated heterocycles. The van der Waals surface area contributed by atoms with Crippen LogP contribution in [0.2, 0.25) is 0 Å². The molecule has 0 aromatic carbocycles. The molecule has 2 heterocycles. The number of nitrogens with zero attached hydrogens (tertiary/aromatic N) is 1. The molecule has 0 radical (unpaired) electrons. The minimum absolute atomic E-state index is 0.0717. The Hall–Kier alpha value is -0.660. The second kappa shape index (κ2) is 7.56. The molecule has 0 saturated carbocycles. The molecule has 1 atom stereocenters. The summed E-state index contributed by atoms with van der Waals surface area (Å²) >= 11 is 0. The molecule has 122 valence electrons. The Kier molecular flexibility index (Phi) is 6.01. The van der Waals surface area contributed by atoms with Crippen molar-refractivity contribution >= 4 is 15.7 Å². The van der Waals surface area contributed by atoms with Crippen LogP contribution in [0.3, 0.4) is 0 Å². The molecule has 0 aliphatic carbocycles. The fraction of sp³-hybridized carbons (Fsp3) is 0.929. The maximum Gasteiger partial charge on any atom is 0.218 e. The summed E-state index contributed by atoms with van der Waals surface area (Å²) in [6.07, 6.45) is 4.80. The molecular weight excluding hydrogens is 290 g/mol. The summed E-state index contributed by atoms with van der Waals surface area (Å²) in [4.78, 5) is 12.9. The van der Waals surface area contributed by atoms with Crippen LogP contribution in [0.25, 0.3) is 0 Å². The van der Waals surface area contributed by atoms with E-state index in [-0.39, 0.29) is 17.9 Å². The highest BCUT2D eigenvalue weighted by atomic mass is 32.2. The molecule has 7 heteroatoms. The number of amides is 1. The van der Waals surface area contributed by atoms with Crippen LogP contribution < -0.4 is 11.1 Å². The number of hydrogen-bond acceptors (Lipinski definition) is 5. The number of nitrogens with one attached hydrogen (secondary N) is 1. The Bertz CT molecular complexity index is 438. The van der Waals surface area contributed by atoms with Crippen LogP contribution in [0.1, 0.15) is 32.1 Å². The Morgan fingerprint density at radius 1 is 1.19 bits per heavy atom. The number of nitrogens with two attached hydrogens (primary N) is 1. The van der Waals surface area contributed by atoms with Crippen LogP contribution in [0.5, 0.6) is 0 Å². The summed E-state index contributed by atoms with van der Waals surface area (Å²) in [5.74, 6) is 0.205. The molecule has 3 N–H and O–H groups in total. The summed E-state index contributed by atoms with van der Waals surface area (Å²) in [5, 5.41) is 3.57. The zero-order valence-electron chi connectivity index (χ0n) is 12.6. The molecule has 2 fully saturated rings. The van der Waals surface area contributed by atoms with Crippen LogP contribution >= 0.6 is 0 Å². The second-order valence-electron chi connectivity index (χ2n) is 6.25. The zero-order chi connectivity index (χ0) is 15.3. The SMILES string of the molecule is NC(=O)CCS(=O)(=O)CCN1CCC(C2CCCN2)CC1. The molecule has 0 spiro atoms. The Labute approximate surface area is 127 Å². The Morgan fingerprint density at radius 3 is 2.48 bits per heavy atom. The van der Waals surface area contributed by atoms with Gasteiger partial charge in [-0.3, -0.25) is 4.79 Å². The summed E-state index contributed by atoms with van der Waals surface area (Å²) in [6.45, 7) is 3.68. The van der Waals surface area contributed by atoms with Crippen molar-refractivity contribution in [3.8, 4) is 0 Å². The molecule has 0 bridgehead atoms. The molecule has 6 nitrogen and oxygen atoms in total. The van der Waals surface area contributed by atoms with E-state index in [4.69, 9.17) is 5.73 Å². The molecule has 2 rings (SSSR count). The van der Waals surface area contributed by atoms with E-state index in [9.17, 15) is 13.2 Å². The van der Waals surface area contributed by atoms with E-state index in [1.54, 1.807) is 0 Å². The molecule has 21 heavy (non-hydrogen) atoms. The van der Waals surface area contributed by atoms with E-state index < -0.39 is 15.7 Å². The van der Waals surface area contributed by atoms with Gasteiger partial charge in [0.25, 0.3) is 0 Å². The highest BCUT2D eigenvalue weighted by Crippen LogP contribution is 2.25. The number of primary amides is 1. The number of hydrogen-bond donors (Lipinski definition) is 2. The molecular formula is C14H27N3O3S. The quantitative estimate of drug-likeness (QED) is 0.675. The van der Waals surface area contributed by atoms with Gasteiger partial charge in [-0.15, -0.1) is 0 Å². The lowest BCUT2D eigenvalue weighted by Crippen LogP contribution is -2.42. The van der Waals surface area contributed by atoms with E-state index in [0.717, 1.165) is 38.4 Å². The average molecular weight is 317 g/mol. The highest BCUT2D eigenvalue weighted by Gasteiger charge is 2.28. The van der Waals surface area contributed by atoms with Crippen molar-refractivity contribution in [1.29, 1.82) is 0 Å². The van der Waals surface area contributed by atoms with E-state index in [2.05, 4.69) is 10.2 Å². The van der Waals surface area contributed by atoms with Crippen molar-refractivity contribution in [2.24, 2.45) is 11.7 Å².